The predicted octanol–water partition coefficient (Wildman–Crippen LogP) is 11.6. The second-order valence-electron chi connectivity index (χ2n) is 15.5. The molecular weight excluding hydrogens is 875 g/mol. The normalized spacial score (nSPS) is 11.5. The minimum Gasteiger partial charge on any atom is -0.501 e. The Hall–Kier alpha value is -3.90. The van der Waals surface area contributed by atoms with Crippen LogP contribution in [0.5, 0.6) is 0 Å². The van der Waals surface area contributed by atoms with Crippen molar-refractivity contribution in [1.29, 1.82) is 0 Å². The zero-order chi connectivity index (χ0) is 36.3. The van der Waals surface area contributed by atoms with Crippen molar-refractivity contribution in [2.45, 2.75) is 71.7 Å². The van der Waals surface area contributed by atoms with E-state index in [1.54, 1.807) is 4.40 Å². The van der Waals surface area contributed by atoms with E-state index in [1.807, 2.05) is 42.7 Å². The van der Waals surface area contributed by atoms with Crippen LogP contribution < -0.4 is 4.40 Å². The van der Waals surface area contributed by atoms with Crippen molar-refractivity contribution in [2.24, 2.45) is 11.8 Å². The molecule has 7 aromatic rings. The number of hydrogen-bond donors (Lipinski definition) is 0. The van der Waals surface area contributed by atoms with E-state index in [2.05, 4.69) is 136 Å². The van der Waals surface area contributed by atoms with Gasteiger partial charge in [-0.15, -0.1) is 18.2 Å². The van der Waals surface area contributed by atoms with Crippen LogP contribution in [0, 0.1) is 37.8 Å². The van der Waals surface area contributed by atoms with Crippen molar-refractivity contribution in [3.05, 3.63) is 132 Å². The molecule has 7 rings (SSSR count). The molecular formula is C46H49GeIrN3O-2. The molecule has 0 atom stereocenters. The smallest absolute Gasteiger partial charge is 0.121 e. The van der Waals surface area contributed by atoms with Crippen molar-refractivity contribution in [1.82, 2.24) is 15.0 Å². The van der Waals surface area contributed by atoms with Gasteiger partial charge in [0.15, 0.2) is 0 Å². The van der Waals surface area contributed by atoms with Gasteiger partial charge in [-0.1, -0.05) is 42.5 Å². The van der Waals surface area contributed by atoms with E-state index in [0.717, 1.165) is 74.1 Å². The molecule has 6 heteroatoms. The number of benzene rings is 3. The van der Waals surface area contributed by atoms with E-state index in [9.17, 15) is 0 Å². The zero-order valence-corrected chi connectivity index (χ0v) is 36.4. The molecule has 0 saturated carbocycles. The predicted molar refractivity (Wildman–Crippen MR) is 217 cm³/mol. The summed E-state index contributed by atoms with van der Waals surface area (Å²) in [6, 6.07) is 33.7. The standard InChI is InChI=1S/C28H25N2O.C18H24GeN.Ir/c1-17(2)13-20-10-12-29-25(15-20)22-9-5-8-21-24-14-19(4)23(16-26(24)31-28(21)22)27-18(3)7-6-11-30-27;1-14(2)11-16-12-18(15-9-7-6-8-10-15)20-13-17(16)19(3,4)5;/h5-8,10-12,14-17H,13H2,1-4H3;6-9,12-14H,11H2,1-5H3;/q2*-1;. The Kier molecular flexibility index (Phi) is 12.7. The summed E-state index contributed by atoms with van der Waals surface area (Å²) in [6.07, 6.45) is 8.02. The average Bonchev–Trinajstić information content (AvgIpc) is 3.45. The molecule has 269 valence electrons. The number of aryl methyl sites for hydroxylation is 2. The summed E-state index contributed by atoms with van der Waals surface area (Å²) >= 11 is -1.86. The van der Waals surface area contributed by atoms with Gasteiger partial charge in [0.05, 0.1) is 11.3 Å². The molecule has 0 aliphatic heterocycles. The number of fused-ring (bicyclic) bond motifs is 3. The summed E-state index contributed by atoms with van der Waals surface area (Å²) in [5.41, 5.74) is 12.9. The molecule has 0 bridgehead atoms. The Balaban J connectivity index is 0.000000217. The molecule has 0 amide bonds. The number of rotatable bonds is 8. The van der Waals surface area contributed by atoms with Gasteiger partial charge in [0.1, 0.15) is 5.58 Å². The summed E-state index contributed by atoms with van der Waals surface area (Å²) < 4.78 is 7.96. The molecule has 0 N–H and O–H groups in total. The van der Waals surface area contributed by atoms with E-state index in [1.165, 1.54) is 16.7 Å². The van der Waals surface area contributed by atoms with Crippen LogP contribution in [0.2, 0.25) is 17.3 Å². The Labute approximate surface area is 326 Å². The van der Waals surface area contributed by atoms with Gasteiger partial charge < -0.3 is 9.40 Å². The first-order valence-corrected chi connectivity index (χ1v) is 25.4. The molecule has 4 heterocycles. The van der Waals surface area contributed by atoms with Crippen LogP contribution in [0.4, 0.5) is 0 Å². The molecule has 0 aliphatic rings. The van der Waals surface area contributed by atoms with Crippen molar-refractivity contribution >= 4 is 39.6 Å². The van der Waals surface area contributed by atoms with E-state index >= 15 is 0 Å². The van der Waals surface area contributed by atoms with E-state index in [-0.39, 0.29) is 20.1 Å². The Morgan fingerprint density at radius 3 is 2.19 bits per heavy atom. The molecule has 0 spiro atoms. The number of nitrogens with zero attached hydrogens (tertiary/aromatic N) is 3. The van der Waals surface area contributed by atoms with Crippen LogP contribution in [0.1, 0.15) is 49.9 Å². The Morgan fingerprint density at radius 1 is 0.712 bits per heavy atom. The average molecular weight is 925 g/mol. The summed E-state index contributed by atoms with van der Waals surface area (Å²) in [4.78, 5) is 13.9. The molecule has 0 saturated heterocycles. The van der Waals surface area contributed by atoms with Gasteiger partial charge in [0.2, 0.25) is 0 Å². The van der Waals surface area contributed by atoms with Gasteiger partial charge in [-0.3, -0.25) is 4.98 Å². The summed E-state index contributed by atoms with van der Waals surface area (Å²) in [5, 5.41) is 2.20. The number of hydrogen-bond acceptors (Lipinski definition) is 4. The third-order valence-corrected chi connectivity index (χ3v) is 13.5. The third-order valence-electron chi connectivity index (χ3n) is 9.18. The fourth-order valence-corrected chi connectivity index (χ4v) is 10.1. The molecule has 3 aromatic carbocycles. The fraction of sp³-hybridized carbons (Fsp3) is 0.283. The Bertz CT molecular complexity index is 2290. The largest absolute Gasteiger partial charge is 0.501 e. The van der Waals surface area contributed by atoms with Crippen LogP contribution >= 0.6 is 0 Å². The van der Waals surface area contributed by atoms with Crippen molar-refractivity contribution in [3.8, 4) is 33.8 Å². The molecule has 0 fully saturated rings. The monoisotopic (exact) mass is 926 g/mol. The summed E-state index contributed by atoms with van der Waals surface area (Å²) in [5.74, 6) is 8.59. The van der Waals surface area contributed by atoms with Crippen molar-refractivity contribution in [3.63, 3.8) is 0 Å². The molecule has 0 unspecified atom stereocenters. The van der Waals surface area contributed by atoms with Crippen LogP contribution in [-0.2, 0) is 32.9 Å². The molecule has 1 radical (unpaired) electrons. The Morgan fingerprint density at radius 2 is 1.50 bits per heavy atom. The quantitative estimate of drug-likeness (QED) is 0.113. The van der Waals surface area contributed by atoms with Gasteiger partial charge in [0.25, 0.3) is 0 Å². The minimum absolute atomic E-state index is 0. The van der Waals surface area contributed by atoms with E-state index in [0.29, 0.717) is 11.8 Å². The van der Waals surface area contributed by atoms with E-state index < -0.39 is 13.3 Å². The molecule has 4 aromatic heterocycles. The van der Waals surface area contributed by atoms with Crippen LogP contribution in [-0.4, -0.2) is 28.2 Å². The van der Waals surface area contributed by atoms with Crippen LogP contribution in [0.15, 0.2) is 102 Å². The number of aromatic nitrogens is 3. The number of pyridine rings is 3. The third kappa shape index (κ3) is 9.00. The van der Waals surface area contributed by atoms with E-state index in [4.69, 9.17) is 9.40 Å². The first-order valence-electron chi connectivity index (χ1n) is 18.1. The summed E-state index contributed by atoms with van der Waals surface area (Å²) in [6.45, 7) is 13.3. The second kappa shape index (κ2) is 16.8. The summed E-state index contributed by atoms with van der Waals surface area (Å²) in [7, 11) is 0. The minimum atomic E-state index is -1.86. The maximum atomic E-state index is 6.42. The first kappa shape index (κ1) is 39.3. The van der Waals surface area contributed by atoms with Crippen molar-refractivity contribution in [2.75, 3.05) is 0 Å². The van der Waals surface area contributed by atoms with Gasteiger partial charge in [-0.2, -0.15) is 0 Å². The first-order chi connectivity index (χ1) is 24.4. The number of furan rings is 1. The molecule has 52 heavy (non-hydrogen) atoms. The molecule has 4 nitrogen and oxygen atoms in total. The van der Waals surface area contributed by atoms with Gasteiger partial charge in [0, 0.05) is 43.4 Å². The fourth-order valence-electron chi connectivity index (χ4n) is 6.80. The van der Waals surface area contributed by atoms with Gasteiger partial charge in [-0.05, 0) is 67.3 Å². The zero-order valence-electron chi connectivity index (χ0n) is 31.9. The van der Waals surface area contributed by atoms with Gasteiger partial charge in [-0.25, -0.2) is 0 Å². The van der Waals surface area contributed by atoms with Crippen LogP contribution in [0.3, 0.4) is 0 Å². The van der Waals surface area contributed by atoms with Crippen LogP contribution in [0.25, 0.3) is 55.7 Å². The van der Waals surface area contributed by atoms with Gasteiger partial charge >= 0.3 is 126 Å². The molecule has 0 aliphatic carbocycles. The SMILES string of the molecule is CC(C)Cc1cc(-c2[c-]cccc2)nc[c]1[Ge]([CH3])([CH3])[CH3].Cc1cc2c(cc1-c1ncccc1C)oc1c(-c3cc(CC(C)C)ccn3)[c-]ccc12.[Ir]. The topological polar surface area (TPSA) is 51.8 Å². The second-order valence-corrected chi connectivity index (χ2v) is 26.1. The maximum absolute atomic E-state index is 6.42. The maximum Gasteiger partial charge on any atom is 0.121 e. The van der Waals surface area contributed by atoms with Crippen molar-refractivity contribution < 1.29 is 24.5 Å².